The Morgan fingerprint density at radius 3 is 1.17 bits per heavy atom. The van der Waals surface area contributed by atoms with E-state index in [0.29, 0.717) is 17.7 Å². The van der Waals surface area contributed by atoms with Gasteiger partial charge in [-0.25, -0.2) is 19.2 Å². The Morgan fingerprint density at radius 1 is 0.493 bits per heavy atom. The molecule has 11 nitrogen and oxygen atoms in total. The van der Waals surface area contributed by atoms with E-state index in [1.165, 1.54) is 154 Å². The maximum absolute atomic E-state index is 13.5. The molecule has 2 aromatic rings. The van der Waals surface area contributed by atoms with Gasteiger partial charge in [0.1, 0.15) is 12.6 Å². The number of aliphatic carboxylic acids is 1. The average Bonchev–Trinajstić information content (AvgIpc) is 3.67. The summed E-state index contributed by atoms with van der Waals surface area (Å²) in [6.45, 7) is 4.56. The quantitative estimate of drug-likeness (QED) is 0.0491. The van der Waals surface area contributed by atoms with Gasteiger partial charge in [0.2, 0.25) is 5.91 Å². The smallest absolute Gasteiger partial charge is 0.426 e. The number of nitrogens with zero attached hydrogens (tertiary/aromatic N) is 1. The summed E-state index contributed by atoms with van der Waals surface area (Å²) in [6, 6.07) is 14.2. The first kappa shape index (κ1) is 58.9. The van der Waals surface area contributed by atoms with Crippen LogP contribution in [0.1, 0.15) is 249 Å². The van der Waals surface area contributed by atoms with Crippen molar-refractivity contribution in [2.24, 2.45) is 0 Å². The van der Waals surface area contributed by atoms with Crippen LogP contribution in [-0.4, -0.2) is 66.0 Å². The molecule has 388 valence electrons. The predicted molar refractivity (Wildman–Crippen MR) is 277 cm³/mol. The summed E-state index contributed by atoms with van der Waals surface area (Å²) in [5.41, 5.74) is 4.13. The Balaban J connectivity index is 1.39. The van der Waals surface area contributed by atoms with Gasteiger partial charge in [0.25, 0.3) is 0 Å². The van der Waals surface area contributed by atoms with Gasteiger partial charge in [-0.2, -0.15) is 0 Å². The van der Waals surface area contributed by atoms with Crippen LogP contribution >= 0.6 is 0 Å². The molecule has 0 saturated carbocycles. The Hall–Kier alpha value is -4.41. The highest BCUT2D eigenvalue weighted by atomic mass is 16.6. The fourth-order valence-electron chi connectivity index (χ4n) is 9.45. The van der Waals surface area contributed by atoms with Crippen LogP contribution in [0.4, 0.5) is 14.4 Å². The van der Waals surface area contributed by atoms with E-state index in [2.05, 4.69) is 19.2 Å². The molecule has 69 heavy (non-hydrogen) atoms. The second-order valence-electron chi connectivity index (χ2n) is 19.5. The number of ether oxygens (including phenoxy) is 3. The fraction of sp³-hybridized carbons (Fsp3) is 0.707. The van der Waals surface area contributed by atoms with Crippen LogP contribution in [0.3, 0.4) is 0 Å². The molecule has 2 N–H and O–H groups in total. The molecule has 0 unspecified atom stereocenters. The van der Waals surface area contributed by atoms with Crippen LogP contribution in [0.15, 0.2) is 48.5 Å². The molecule has 0 saturated heterocycles. The third-order valence-corrected chi connectivity index (χ3v) is 13.6. The topological polar surface area (TPSA) is 149 Å². The summed E-state index contributed by atoms with van der Waals surface area (Å²) in [7, 11) is 0. The zero-order chi connectivity index (χ0) is 49.6. The molecule has 0 spiro atoms. The third-order valence-electron chi connectivity index (χ3n) is 13.6. The number of rotatable bonds is 41. The number of amides is 4. The number of carbonyl (C=O) groups excluding carboxylic acids is 4. The molecule has 0 radical (unpaired) electrons. The first-order valence-electron chi connectivity index (χ1n) is 27.8. The van der Waals surface area contributed by atoms with Crippen LogP contribution in [0.25, 0.3) is 11.1 Å². The van der Waals surface area contributed by atoms with Gasteiger partial charge in [-0.15, -0.1) is 4.90 Å². The highest BCUT2D eigenvalue weighted by molar-refractivity contribution is 6.06. The number of unbranched alkanes of at least 4 members (excludes halogenated alkanes) is 30. The highest BCUT2D eigenvalue weighted by Gasteiger charge is 2.34. The van der Waals surface area contributed by atoms with Crippen LogP contribution in [0, 0.1) is 0 Å². The molecule has 11 heteroatoms. The largest absolute Gasteiger partial charge is 0.480 e. The summed E-state index contributed by atoms with van der Waals surface area (Å²) in [5, 5.41) is 12.3. The minimum atomic E-state index is -1.52. The minimum Gasteiger partial charge on any atom is -0.480 e. The van der Waals surface area contributed by atoms with Gasteiger partial charge >= 0.3 is 24.2 Å². The summed E-state index contributed by atoms with van der Waals surface area (Å²) in [6.07, 6.45) is 34.5. The van der Waals surface area contributed by atoms with Crippen LogP contribution < -0.4 is 5.32 Å². The lowest BCUT2D eigenvalue weighted by molar-refractivity contribution is -0.139. The number of nitrogens with one attached hydrogen (secondary N) is 1. The van der Waals surface area contributed by atoms with Gasteiger partial charge < -0.3 is 24.6 Å². The van der Waals surface area contributed by atoms with Crippen molar-refractivity contribution >= 4 is 30.2 Å². The number of alkyl carbamates (subject to hydrolysis) is 1. The molecule has 0 heterocycles. The monoisotopic (exact) mass is 961 g/mol. The normalized spacial score (nSPS) is 12.3. The molecule has 0 fully saturated rings. The van der Waals surface area contributed by atoms with E-state index in [9.17, 15) is 29.1 Å². The predicted octanol–water partition coefficient (Wildman–Crippen LogP) is 16.4. The van der Waals surface area contributed by atoms with Crippen molar-refractivity contribution in [1.29, 1.82) is 0 Å². The van der Waals surface area contributed by atoms with Gasteiger partial charge in [-0.1, -0.05) is 255 Å². The molecule has 1 atom stereocenters. The van der Waals surface area contributed by atoms with Gasteiger partial charge in [0.15, 0.2) is 0 Å². The number of hydrogen-bond acceptors (Lipinski definition) is 8. The Morgan fingerprint density at radius 2 is 0.826 bits per heavy atom. The summed E-state index contributed by atoms with van der Waals surface area (Å²) >= 11 is 0. The Bertz CT molecular complexity index is 1620. The number of carboxylic acids is 1. The molecule has 0 aliphatic heterocycles. The maximum Gasteiger partial charge on any atom is 0.426 e. The number of imide groups is 3. The first-order chi connectivity index (χ1) is 33.8. The number of benzene rings is 2. The molecule has 0 bridgehead atoms. The second-order valence-corrected chi connectivity index (χ2v) is 19.5. The Labute approximate surface area is 417 Å². The van der Waals surface area contributed by atoms with E-state index in [-0.39, 0.29) is 25.7 Å². The number of fused-ring (bicyclic) bond motifs is 3. The standard InChI is InChI=1S/C58H92N2O9/c1-3-5-7-9-11-13-15-17-19-21-23-25-27-29-31-37-45-67-57(65)60(58(66)68-46-38-32-30-28-26-24-22-20-18-16-14-12-10-8-6-4-2)54(61)44-43-53(55(62)63)59-56(64)69-47-52-50-41-35-33-39-48(50)49-40-34-36-42-51(49)52/h33-36,39-42,52-53H,3-32,37-38,43-47H2,1-2H3,(H,59,64)(H,62,63)/t53-/m0/s1. The van der Waals surface area contributed by atoms with E-state index in [1.54, 1.807) is 0 Å². The van der Waals surface area contributed by atoms with Crippen molar-refractivity contribution < 1.29 is 43.3 Å². The molecule has 3 rings (SSSR count). The average molecular weight is 961 g/mol. The molecule has 4 amide bonds. The van der Waals surface area contributed by atoms with Gasteiger partial charge in [0.05, 0.1) is 13.2 Å². The minimum absolute atomic E-state index is 0.0185. The summed E-state index contributed by atoms with van der Waals surface area (Å²) < 4.78 is 16.4. The van der Waals surface area contributed by atoms with Crippen molar-refractivity contribution in [2.75, 3.05) is 19.8 Å². The van der Waals surface area contributed by atoms with Crippen molar-refractivity contribution in [3.05, 3.63) is 59.7 Å². The first-order valence-corrected chi connectivity index (χ1v) is 27.8. The second kappa shape index (κ2) is 38.4. The van der Waals surface area contributed by atoms with Gasteiger partial charge in [-0.3, -0.25) is 4.79 Å². The molecule has 2 aromatic carbocycles. The SMILES string of the molecule is CCCCCCCCCCCCCCCCCCOC(=O)N(C(=O)CC[C@H](NC(=O)OCC1c2ccccc2-c2ccccc21)C(=O)O)C(=O)OCCCCCCCCCCCCCCCCCC. The number of carboxylic acid groups (broad SMARTS) is 1. The van der Waals surface area contributed by atoms with Gasteiger partial charge in [0, 0.05) is 12.3 Å². The van der Waals surface area contributed by atoms with E-state index in [4.69, 9.17) is 14.2 Å². The molecule has 1 aliphatic carbocycles. The molecular weight excluding hydrogens is 869 g/mol. The lowest BCUT2D eigenvalue weighted by Crippen LogP contribution is -2.45. The van der Waals surface area contributed by atoms with E-state index < -0.39 is 49.0 Å². The molecular formula is C58H92N2O9. The van der Waals surface area contributed by atoms with Crippen molar-refractivity contribution in [3.63, 3.8) is 0 Å². The van der Waals surface area contributed by atoms with Crippen molar-refractivity contribution in [2.45, 2.75) is 244 Å². The fourth-order valence-corrected chi connectivity index (χ4v) is 9.45. The van der Waals surface area contributed by atoms with Crippen LogP contribution in [-0.2, 0) is 23.8 Å². The maximum atomic E-state index is 13.5. The lowest BCUT2D eigenvalue weighted by atomic mass is 9.98. The molecule has 1 aliphatic rings. The summed E-state index contributed by atoms with van der Waals surface area (Å²) in [4.78, 5) is 65.7. The lowest BCUT2D eigenvalue weighted by Gasteiger charge is -2.20. The van der Waals surface area contributed by atoms with Crippen LogP contribution in [0.2, 0.25) is 0 Å². The van der Waals surface area contributed by atoms with Crippen LogP contribution in [0.5, 0.6) is 0 Å². The van der Waals surface area contributed by atoms with Crippen molar-refractivity contribution in [3.8, 4) is 11.1 Å². The summed E-state index contributed by atoms with van der Waals surface area (Å²) in [5.74, 6) is -2.58. The zero-order valence-electron chi connectivity index (χ0n) is 43.1. The third kappa shape index (κ3) is 25.3. The highest BCUT2D eigenvalue weighted by Crippen LogP contribution is 2.44. The number of hydrogen-bond donors (Lipinski definition) is 2. The zero-order valence-corrected chi connectivity index (χ0v) is 43.1. The van der Waals surface area contributed by atoms with Crippen molar-refractivity contribution in [1.82, 2.24) is 10.2 Å². The van der Waals surface area contributed by atoms with E-state index in [0.717, 1.165) is 60.8 Å². The number of carbonyl (C=O) groups is 5. The van der Waals surface area contributed by atoms with E-state index in [1.807, 2.05) is 48.5 Å². The Kier molecular flexibility index (Phi) is 32.7. The van der Waals surface area contributed by atoms with Gasteiger partial charge in [-0.05, 0) is 41.5 Å². The van der Waals surface area contributed by atoms with E-state index >= 15 is 0 Å². The molecule has 0 aromatic heterocycles.